The highest BCUT2D eigenvalue weighted by Crippen LogP contribution is 2.28. The third-order valence-corrected chi connectivity index (χ3v) is 4.22. The molecule has 2 aromatic rings. The predicted molar refractivity (Wildman–Crippen MR) is 76.9 cm³/mol. The molecule has 0 radical (unpaired) electrons. The molecule has 2 N–H and O–H groups in total. The SMILES string of the molecule is COc1cc(NS(=O)(=O)c2cccc(O)c2)ccc1Cl. The highest BCUT2D eigenvalue weighted by molar-refractivity contribution is 7.92. The Morgan fingerprint density at radius 2 is 1.95 bits per heavy atom. The maximum Gasteiger partial charge on any atom is 0.262 e. The van der Waals surface area contributed by atoms with Crippen LogP contribution >= 0.6 is 11.6 Å². The molecule has 0 amide bonds. The van der Waals surface area contributed by atoms with E-state index in [9.17, 15) is 13.5 Å². The summed E-state index contributed by atoms with van der Waals surface area (Å²) in [6.45, 7) is 0. The van der Waals surface area contributed by atoms with Crippen molar-refractivity contribution in [2.24, 2.45) is 0 Å². The molecule has 2 rings (SSSR count). The van der Waals surface area contributed by atoms with Gasteiger partial charge in [0.1, 0.15) is 11.5 Å². The number of sulfonamides is 1. The molecule has 2 aromatic carbocycles. The van der Waals surface area contributed by atoms with E-state index >= 15 is 0 Å². The predicted octanol–water partition coefficient (Wildman–Crippen LogP) is 2.86. The van der Waals surface area contributed by atoms with Crippen molar-refractivity contribution in [2.75, 3.05) is 11.8 Å². The van der Waals surface area contributed by atoms with Gasteiger partial charge in [-0.15, -0.1) is 0 Å². The molecular formula is C13H12ClNO4S. The van der Waals surface area contributed by atoms with Crippen LogP contribution in [0.5, 0.6) is 11.5 Å². The number of ether oxygens (including phenoxy) is 1. The van der Waals surface area contributed by atoms with E-state index in [0.717, 1.165) is 6.07 Å². The third kappa shape index (κ3) is 3.15. The summed E-state index contributed by atoms with van der Waals surface area (Å²) in [4.78, 5) is -0.0357. The number of hydrogen-bond donors (Lipinski definition) is 2. The average Bonchev–Trinajstić information content (AvgIpc) is 2.40. The fourth-order valence-corrected chi connectivity index (χ4v) is 2.87. The maximum absolute atomic E-state index is 12.1. The maximum atomic E-state index is 12.1. The topological polar surface area (TPSA) is 75.6 Å². The lowest BCUT2D eigenvalue weighted by molar-refractivity contribution is 0.415. The van der Waals surface area contributed by atoms with Crippen LogP contribution in [0.4, 0.5) is 5.69 Å². The van der Waals surface area contributed by atoms with Gasteiger partial charge in [0.25, 0.3) is 10.0 Å². The van der Waals surface area contributed by atoms with E-state index in [4.69, 9.17) is 16.3 Å². The van der Waals surface area contributed by atoms with Crippen molar-refractivity contribution in [1.82, 2.24) is 0 Å². The molecule has 0 atom stereocenters. The minimum Gasteiger partial charge on any atom is -0.508 e. The number of hydrogen-bond acceptors (Lipinski definition) is 4. The van der Waals surface area contributed by atoms with E-state index in [0.29, 0.717) is 16.5 Å². The van der Waals surface area contributed by atoms with Crippen molar-refractivity contribution in [3.63, 3.8) is 0 Å². The first kappa shape index (κ1) is 14.5. The molecule has 0 spiro atoms. The Hall–Kier alpha value is -1.92. The Balaban J connectivity index is 2.33. The molecule has 0 aliphatic carbocycles. The van der Waals surface area contributed by atoms with Crippen LogP contribution in [0.1, 0.15) is 0 Å². The summed E-state index contributed by atoms with van der Waals surface area (Å²) >= 11 is 5.87. The fourth-order valence-electron chi connectivity index (χ4n) is 1.59. The number of methoxy groups -OCH3 is 1. The minimum atomic E-state index is -3.78. The largest absolute Gasteiger partial charge is 0.508 e. The number of phenols is 1. The summed E-state index contributed by atoms with van der Waals surface area (Å²) in [7, 11) is -2.34. The van der Waals surface area contributed by atoms with Crippen LogP contribution in [-0.4, -0.2) is 20.6 Å². The quantitative estimate of drug-likeness (QED) is 0.910. The van der Waals surface area contributed by atoms with Crippen molar-refractivity contribution in [3.8, 4) is 11.5 Å². The van der Waals surface area contributed by atoms with E-state index in [1.807, 2.05) is 0 Å². The highest BCUT2D eigenvalue weighted by Gasteiger charge is 2.15. The number of phenolic OH excluding ortho intramolecular Hbond substituents is 1. The first-order valence-electron chi connectivity index (χ1n) is 5.58. The van der Waals surface area contributed by atoms with Crippen molar-refractivity contribution >= 4 is 27.3 Å². The molecule has 0 unspecified atom stereocenters. The van der Waals surface area contributed by atoms with Crippen molar-refractivity contribution in [2.45, 2.75) is 4.90 Å². The minimum absolute atomic E-state index is 0.0357. The highest BCUT2D eigenvalue weighted by atomic mass is 35.5. The second kappa shape index (κ2) is 5.60. The summed E-state index contributed by atoms with van der Waals surface area (Å²) in [6.07, 6.45) is 0. The van der Waals surface area contributed by atoms with Gasteiger partial charge < -0.3 is 9.84 Å². The number of anilines is 1. The van der Waals surface area contributed by atoms with Crippen LogP contribution in [0.25, 0.3) is 0 Å². The Morgan fingerprint density at radius 3 is 2.60 bits per heavy atom. The van der Waals surface area contributed by atoms with Gasteiger partial charge in [-0.25, -0.2) is 8.42 Å². The number of nitrogens with one attached hydrogen (secondary N) is 1. The molecule has 106 valence electrons. The third-order valence-electron chi connectivity index (χ3n) is 2.53. The smallest absolute Gasteiger partial charge is 0.262 e. The molecule has 0 heterocycles. The zero-order valence-electron chi connectivity index (χ0n) is 10.5. The summed E-state index contributed by atoms with van der Waals surface area (Å²) in [5.74, 6) is 0.240. The van der Waals surface area contributed by atoms with Crippen molar-refractivity contribution in [1.29, 1.82) is 0 Å². The standard InChI is InChI=1S/C13H12ClNO4S/c1-19-13-7-9(5-6-12(13)14)15-20(17,18)11-4-2-3-10(16)8-11/h2-8,15-16H,1H3. The monoisotopic (exact) mass is 313 g/mol. The van der Waals surface area contributed by atoms with E-state index in [1.165, 1.54) is 43.5 Å². The number of benzene rings is 2. The van der Waals surface area contributed by atoms with Crippen molar-refractivity contribution in [3.05, 3.63) is 47.5 Å². The molecule has 0 aliphatic rings. The van der Waals surface area contributed by atoms with Crippen LogP contribution in [0, 0.1) is 0 Å². The number of aromatic hydroxyl groups is 1. The van der Waals surface area contributed by atoms with Gasteiger partial charge in [0.15, 0.2) is 0 Å². The van der Waals surface area contributed by atoms with Gasteiger partial charge in [-0.3, -0.25) is 4.72 Å². The van der Waals surface area contributed by atoms with Gasteiger partial charge in [0.05, 0.1) is 22.7 Å². The van der Waals surface area contributed by atoms with Crippen LogP contribution < -0.4 is 9.46 Å². The summed E-state index contributed by atoms with van der Waals surface area (Å²) in [6, 6.07) is 9.91. The second-order valence-electron chi connectivity index (χ2n) is 3.95. The summed E-state index contributed by atoms with van der Waals surface area (Å²) in [5, 5.41) is 9.71. The molecule has 7 heteroatoms. The lowest BCUT2D eigenvalue weighted by Crippen LogP contribution is -2.12. The van der Waals surface area contributed by atoms with Gasteiger partial charge in [0, 0.05) is 12.1 Å². The molecule has 0 saturated carbocycles. The Bertz CT molecular complexity index is 731. The van der Waals surface area contributed by atoms with Crippen LogP contribution in [0.2, 0.25) is 5.02 Å². The van der Waals surface area contributed by atoms with E-state index in [-0.39, 0.29) is 10.6 Å². The van der Waals surface area contributed by atoms with E-state index in [2.05, 4.69) is 4.72 Å². The van der Waals surface area contributed by atoms with Crippen molar-refractivity contribution < 1.29 is 18.3 Å². The average molecular weight is 314 g/mol. The molecule has 0 aliphatic heterocycles. The Kier molecular flexibility index (Phi) is 4.06. The molecule has 0 aromatic heterocycles. The first-order valence-corrected chi connectivity index (χ1v) is 7.44. The number of halogens is 1. The van der Waals surface area contributed by atoms with Gasteiger partial charge in [0.2, 0.25) is 0 Å². The lowest BCUT2D eigenvalue weighted by Gasteiger charge is -2.10. The van der Waals surface area contributed by atoms with Gasteiger partial charge >= 0.3 is 0 Å². The van der Waals surface area contributed by atoms with Crippen LogP contribution in [0.3, 0.4) is 0 Å². The molecule has 0 saturated heterocycles. The zero-order valence-corrected chi connectivity index (χ0v) is 12.1. The summed E-state index contributed by atoms with van der Waals surface area (Å²) in [5.41, 5.74) is 0.314. The lowest BCUT2D eigenvalue weighted by atomic mass is 10.3. The fraction of sp³-hybridized carbons (Fsp3) is 0.0769. The molecule has 0 fully saturated rings. The normalized spacial score (nSPS) is 11.1. The zero-order chi connectivity index (χ0) is 14.8. The Labute approximate surface area is 121 Å². The first-order chi connectivity index (χ1) is 9.42. The van der Waals surface area contributed by atoms with Gasteiger partial charge in [-0.2, -0.15) is 0 Å². The molecule has 5 nitrogen and oxygen atoms in total. The van der Waals surface area contributed by atoms with E-state index in [1.54, 1.807) is 0 Å². The van der Waals surface area contributed by atoms with Gasteiger partial charge in [-0.05, 0) is 24.3 Å². The Morgan fingerprint density at radius 1 is 1.20 bits per heavy atom. The van der Waals surface area contributed by atoms with E-state index < -0.39 is 10.0 Å². The second-order valence-corrected chi connectivity index (χ2v) is 6.04. The molecular weight excluding hydrogens is 302 g/mol. The van der Waals surface area contributed by atoms with Crippen LogP contribution in [-0.2, 0) is 10.0 Å². The summed E-state index contributed by atoms with van der Waals surface area (Å²) < 4.78 is 31.7. The number of rotatable bonds is 4. The van der Waals surface area contributed by atoms with Gasteiger partial charge in [-0.1, -0.05) is 17.7 Å². The van der Waals surface area contributed by atoms with Crippen LogP contribution in [0.15, 0.2) is 47.4 Å². The molecule has 0 bridgehead atoms. The molecule has 20 heavy (non-hydrogen) atoms.